The summed E-state index contributed by atoms with van der Waals surface area (Å²) in [5.41, 5.74) is 2.17. The molecule has 160 valence electrons. The Morgan fingerprint density at radius 3 is 2.61 bits per heavy atom. The Bertz CT molecular complexity index is 1110. The highest BCUT2D eigenvalue weighted by molar-refractivity contribution is 6.30. The molecule has 0 spiro atoms. The highest BCUT2D eigenvalue weighted by Gasteiger charge is 2.29. The summed E-state index contributed by atoms with van der Waals surface area (Å²) in [6.45, 7) is 2.49. The van der Waals surface area contributed by atoms with Crippen LogP contribution in [0.2, 0.25) is 5.02 Å². The van der Waals surface area contributed by atoms with Crippen LogP contribution in [0.1, 0.15) is 37.1 Å². The minimum atomic E-state index is -0.472. The number of carbonyl (C=O) groups excluding carboxylic acids is 1. The van der Waals surface area contributed by atoms with Crippen LogP contribution in [0.25, 0.3) is 11.3 Å². The number of furan rings is 1. The van der Waals surface area contributed by atoms with E-state index in [1.54, 1.807) is 24.3 Å². The van der Waals surface area contributed by atoms with E-state index < -0.39 is 4.92 Å². The molecule has 0 unspecified atom stereocenters. The predicted octanol–water partition coefficient (Wildman–Crippen LogP) is 5.71. The van der Waals surface area contributed by atoms with Gasteiger partial charge in [0, 0.05) is 28.7 Å². The lowest BCUT2D eigenvalue weighted by Crippen LogP contribution is -2.18. The van der Waals surface area contributed by atoms with Crippen molar-refractivity contribution in [3.63, 3.8) is 0 Å². The Morgan fingerprint density at radius 2 is 1.94 bits per heavy atom. The third kappa shape index (κ3) is 5.13. The molecule has 1 aliphatic carbocycles. The molecule has 1 fully saturated rings. The maximum absolute atomic E-state index is 11.9. The average molecular weight is 440 g/mol. The number of hydrogen-bond acceptors (Lipinski definition) is 5. The first-order valence-corrected chi connectivity index (χ1v) is 10.5. The second-order valence-electron chi connectivity index (χ2n) is 7.67. The average Bonchev–Trinajstić information content (AvgIpc) is 3.51. The summed E-state index contributed by atoms with van der Waals surface area (Å²) in [6, 6.07) is 15.8. The third-order valence-corrected chi connectivity index (χ3v) is 5.53. The quantitative estimate of drug-likeness (QED) is 0.346. The monoisotopic (exact) mass is 439 g/mol. The standard InChI is InChI=1S/C23H22ClN3O4/c1-14(15-4-7-18(8-5-15)26-23(28)16-2-3-16)25-13-19-9-11-22(31-19)20-10-6-17(24)12-21(20)27(29)30/h4-12,14,16,25H,2-3,13H2,1H3,(H,26,28)/t14-/m0/s1. The van der Waals surface area contributed by atoms with Gasteiger partial charge in [-0.05, 0) is 61.7 Å². The summed E-state index contributed by atoms with van der Waals surface area (Å²) in [4.78, 5) is 22.7. The van der Waals surface area contributed by atoms with Crippen molar-refractivity contribution in [2.75, 3.05) is 5.32 Å². The van der Waals surface area contributed by atoms with E-state index in [1.165, 1.54) is 6.07 Å². The molecule has 1 saturated carbocycles. The molecular weight excluding hydrogens is 418 g/mol. The zero-order valence-electron chi connectivity index (χ0n) is 16.9. The van der Waals surface area contributed by atoms with Crippen molar-refractivity contribution in [2.45, 2.75) is 32.4 Å². The molecule has 2 aromatic carbocycles. The van der Waals surface area contributed by atoms with Crippen LogP contribution in [0.5, 0.6) is 0 Å². The summed E-state index contributed by atoms with van der Waals surface area (Å²) in [5, 5.41) is 17.9. The Hall–Kier alpha value is -3.16. The maximum atomic E-state index is 11.9. The molecular formula is C23H22ClN3O4. The molecule has 0 radical (unpaired) electrons. The van der Waals surface area contributed by atoms with E-state index in [1.807, 2.05) is 31.2 Å². The first-order chi connectivity index (χ1) is 14.9. The van der Waals surface area contributed by atoms with Crippen LogP contribution in [0.15, 0.2) is 59.0 Å². The number of benzene rings is 2. The van der Waals surface area contributed by atoms with Crippen LogP contribution in [-0.4, -0.2) is 10.8 Å². The zero-order valence-corrected chi connectivity index (χ0v) is 17.7. The van der Waals surface area contributed by atoms with E-state index in [2.05, 4.69) is 10.6 Å². The van der Waals surface area contributed by atoms with Crippen LogP contribution >= 0.6 is 11.6 Å². The fourth-order valence-electron chi connectivity index (χ4n) is 3.30. The Balaban J connectivity index is 1.37. The van der Waals surface area contributed by atoms with Crippen LogP contribution in [0.4, 0.5) is 11.4 Å². The fourth-order valence-corrected chi connectivity index (χ4v) is 3.46. The number of nitro groups is 1. The summed E-state index contributed by atoms with van der Waals surface area (Å²) in [5.74, 6) is 1.35. The highest BCUT2D eigenvalue weighted by atomic mass is 35.5. The van der Waals surface area contributed by atoms with Gasteiger partial charge in [0.2, 0.25) is 5.91 Å². The maximum Gasteiger partial charge on any atom is 0.281 e. The van der Waals surface area contributed by atoms with Gasteiger partial charge in [-0.1, -0.05) is 23.7 Å². The predicted molar refractivity (Wildman–Crippen MR) is 119 cm³/mol. The molecule has 1 amide bonds. The number of halogens is 1. The molecule has 3 aromatic rings. The SMILES string of the molecule is C[C@H](NCc1ccc(-c2ccc(Cl)cc2[N+](=O)[O-])o1)c1ccc(NC(=O)C2CC2)cc1. The molecule has 0 saturated heterocycles. The van der Waals surface area contributed by atoms with Gasteiger partial charge in [-0.15, -0.1) is 0 Å². The number of anilines is 1. The topological polar surface area (TPSA) is 97.4 Å². The fraction of sp³-hybridized carbons (Fsp3) is 0.261. The molecule has 1 aliphatic rings. The second kappa shape index (κ2) is 8.91. The van der Waals surface area contributed by atoms with Crippen molar-refractivity contribution in [3.05, 3.63) is 81.1 Å². The van der Waals surface area contributed by atoms with Crippen LogP contribution in [0, 0.1) is 16.0 Å². The van der Waals surface area contributed by atoms with Crippen molar-refractivity contribution in [1.29, 1.82) is 0 Å². The molecule has 1 atom stereocenters. The zero-order chi connectivity index (χ0) is 22.0. The first kappa shape index (κ1) is 21.1. The van der Waals surface area contributed by atoms with Crippen molar-refractivity contribution in [3.8, 4) is 11.3 Å². The van der Waals surface area contributed by atoms with Crippen molar-refractivity contribution < 1.29 is 14.1 Å². The number of nitrogens with one attached hydrogen (secondary N) is 2. The minimum Gasteiger partial charge on any atom is -0.459 e. The van der Waals surface area contributed by atoms with Gasteiger partial charge in [0.25, 0.3) is 5.69 Å². The molecule has 31 heavy (non-hydrogen) atoms. The van der Waals surface area contributed by atoms with Gasteiger partial charge in [-0.2, -0.15) is 0 Å². The molecule has 8 heteroatoms. The normalized spacial score (nSPS) is 14.3. The molecule has 4 rings (SSSR count). The van der Waals surface area contributed by atoms with Gasteiger partial charge in [-0.25, -0.2) is 0 Å². The lowest BCUT2D eigenvalue weighted by atomic mass is 10.1. The van der Waals surface area contributed by atoms with E-state index in [0.717, 1.165) is 24.1 Å². The van der Waals surface area contributed by atoms with Gasteiger partial charge in [-0.3, -0.25) is 14.9 Å². The van der Waals surface area contributed by atoms with E-state index >= 15 is 0 Å². The van der Waals surface area contributed by atoms with Crippen molar-refractivity contribution in [2.24, 2.45) is 5.92 Å². The van der Waals surface area contributed by atoms with Gasteiger partial charge < -0.3 is 15.1 Å². The summed E-state index contributed by atoms with van der Waals surface area (Å²) < 4.78 is 5.82. The summed E-state index contributed by atoms with van der Waals surface area (Å²) in [7, 11) is 0. The molecule has 1 aromatic heterocycles. The largest absolute Gasteiger partial charge is 0.459 e. The Labute approximate surface area is 184 Å². The van der Waals surface area contributed by atoms with Crippen molar-refractivity contribution in [1.82, 2.24) is 5.32 Å². The first-order valence-electron chi connectivity index (χ1n) is 10.1. The van der Waals surface area contributed by atoms with Gasteiger partial charge in [0.15, 0.2) is 0 Å². The summed E-state index contributed by atoms with van der Waals surface area (Å²) >= 11 is 5.88. The van der Waals surface area contributed by atoms with Gasteiger partial charge in [0.1, 0.15) is 11.5 Å². The van der Waals surface area contributed by atoms with E-state index in [-0.39, 0.29) is 23.6 Å². The lowest BCUT2D eigenvalue weighted by molar-refractivity contribution is -0.384. The number of amides is 1. The van der Waals surface area contributed by atoms with Crippen molar-refractivity contribution >= 4 is 28.9 Å². The second-order valence-corrected chi connectivity index (χ2v) is 8.11. The van der Waals surface area contributed by atoms with Crippen LogP contribution in [0.3, 0.4) is 0 Å². The smallest absolute Gasteiger partial charge is 0.281 e. The van der Waals surface area contributed by atoms with Gasteiger partial charge in [0.05, 0.1) is 17.0 Å². The van der Waals surface area contributed by atoms with Gasteiger partial charge >= 0.3 is 0 Å². The Kier molecular flexibility index (Phi) is 6.06. The molecule has 1 heterocycles. The minimum absolute atomic E-state index is 0.0478. The van der Waals surface area contributed by atoms with Crippen LogP contribution < -0.4 is 10.6 Å². The molecule has 7 nitrogen and oxygen atoms in total. The number of carbonyl (C=O) groups is 1. The molecule has 2 N–H and O–H groups in total. The number of rotatable bonds is 8. The highest BCUT2D eigenvalue weighted by Crippen LogP contribution is 2.33. The lowest BCUT2D eigenvalue weighted by Gasteiger charge is -2.14. The summed E-state index contributed by atoms with van der Waals surface area (Å²) in [6.07, 6.45) is 1.95. The molecule has 0 aliphatic heterocycles. The van der Waals surface area contributed by atoms with Crippen LogP contribution in [-0.2, 0) is 11.3 Å². The molecule has 0 bridgehead atoms. The van der Waals surface area contributed by atoms with E-state index in [0.29, 0.717) is 28.7 Å². The number of nitrogens with zero attached hydrogens (tertiary/aromatic N) is 1. The van der Waals surface area contributed by atoms with E-state index in [4.69, 9.17) is 16.0 Å². The number of hydrogen-bond donors (Lipinski definition) is 2. The third-order valence-electron chi connectivity index (χ3n) is 5.29. The van der Waals surface area contributed by atoms with E-state index in [9.17, 15) is 14.9 Å². The number of nitro benzene ring substituents is 1. The Morgan fingerprint density at radius 1 is 1.19 bits per heavy atom.